The number of halogens is 1. The molecule has 4 heteroatoms. The SMILES string of the molecule is CC(C)(C)C1=CCN(c2cccc(F)c2C(=O)O)CC1. The van der Waals surface area contributed by atoms with E-state index in [0.717, 1.165) is 6.42 Å². The second kappa shape index (κ2) is 5.27. The molecule has 108 valence electrons. The molecular formula is C16H20FNO2. The molecule has 0 aliphatic carbocycles. The van der Waals surface area contributed by atoms with E-state index in [2.05, 4.69) is 26.8 Å². The average Bonchev–Trinajstić information content (AvgIpc) is 2.37. The van der Waals surface area contributed by atoms with E-state index in [1.54, 1.807) is 12.1 Å². The van der Waals surface area contributed by atoms with Crippen LogP contribution < -0.4 is 4.90 Å². The molecule has 1 aromatic rings. The Morgan fingerprint density at radius 1 is 1.35 bits per heavy atom. The van der Waals surface area contributed by atoms with Crippen molar-refractivity contribution in [3.63, 3.8) is 0 Å². The molecule has 1 aliphatic heterocycles. The van der Waals surface area contributed by atoms with Gasteiger partial charge in [-0.25, -0.2) is 9.18 Å². The van der Waals surface area contributed by atoms with Gasteiger partial charge in [0.25, 0.3) is 0 Å². The fourth-order valence-corrected chi connectivity index (χ4v) is 2.56. The minimum absolute atomic E-state index is 0.129. The molecule has 20 heavy (non-hydrogen) atoms. The van der Waals surface area contributed by atoms with Gasteiger partial charge in [-0.1, -0.05) is 38.5 Å². The van der Waals surface area contributed by atoms with Crippen LogP contribution in [0.25, 0.3) is 0 Å². The van der Waals surface area contributed by atoms with Gasteiger partial charge in [0.15, 0.2) is 0 Å². The number of aromatic carboxylic acids is 1. The number of anilines is 1. The molecule has 0 radical (unpaired) electrons. The Hall–Kier alpha value is -1.84. The first-order valence-corrected chi connectivity index (χ1v) is 6.77. The Labute approximate surface area is 118 Å². The van der Waals surface area contributed by atoms with Crippen LogP contribution in [0.2, 0.25) is 0 Å². The van der Waals surface area contributed by atoms with E-state index in [1.807, 2.05) is 4.90 Å². The third-order valence-corrected chi connectivity index (χ3v) is 3.72. The fourth-order valence-electron chi connectivity index (χ4n) is 2.56. The number of carboxylic acid groups (broad SMARTS) is 1. The van der Waals surface area contributed by atoms with Crippen LogP contribution in [0.1, 0.15) is 37.6 Å². The molecule has 1 N–H and O–H groups in total. The summed E-state index contributed by atoms with van der Waals surface area (Å²) in [5.41, 5.74) is 1.72. The molecule has 0 bridgehead atoms. The fraction of sp³-hybridized carbons (Fsp3) is 0.438. The number of benzene rings is 1. The van der Waals surface area contributed by atoms with Crippen molar-refractivity contribution >= 4 is 11.7 Å². The molecule has 0 saturated heterocycles. The predicted molar refractivity (Wildman–Crippen MR) is 77.7 cm³/mol. The lowest BCUT2D eigenvalue weighted by Gasteiger charge is -2.34. The Balaban J connectivity index is 2.30. The molecule has 2 rings (SSSR count). The van der Waals surface area contributed by atoms with Crippen LogP contribution in [0.4, 0.5) is 10.1 Å². The van der Waals surface area contributed by atoms with Crippen molar-refractivity contribution < 1.29 is 14.3 Å². The van der Waals surface area contributed by atoms with E-state index in [-0.39, 0.29) is 11.0 Å². The standard InChI is InChI=1S/C16H20FNO2/c1-16(2,3)11-7-9-18(10-8-11)13-6-4-5-12(17)14(13)15(19)20/h4-7H,8-10H2,1-3H3,(H,19,20). The second-order valence-corrected chi connectivity index (χ2v) is 6.11. The third-order valence-electron chi connectivity index (χ3n) is 3.72. The zero-order valence-corrected chi connectivity index (χ0v) is 12.1. The minimum atomic E-state index is -1.22. The summed E-state index contributed by atoms with van der Waals surface area (Å²) in [6.45, 7) is 7.83. The first kappa shape index (κ1) is 14.6. The smallest absolute Gasteiger partial charge is 0.340 e. The van der Waals surface area contributed by atoms with Gasteiger partial charge in [0.1, 0.15) is 11.4 Å². The molecule has 1 aromatic carbocycles. The van der Waals surface area contributed by atoms with Crippen molar-refractivity contribution in [2.24, 2.45) is 5.41 Å². The number of carboxylic acids is 1. The molecule has 0 spiro atoms. The summed E-state index contributed by atoms with van der Waals surface area (Å²) >= 11 is 0. The highest BCUT2D eigenvalue weighted by molar-refractivity contribution is 5.94. The Kier molecular flexibility index (Phi) is 3.84. The van der Waals surface area contributed by atoms with Crippen molar-refractivity contribution in [2.45, 2.75) is 27.2 Å². The zero-order chi connectivity index (χ0) is 14.9. The summed E-state index contributed by atoms with van der Waals surface area (Å²) in [7, 11) is 0. The summed E-state index contributed by atoms with van der Waals surface area (Å²) < 4.78 is 13.7. The highest BCUT2D eigenvalue weighted by Crippen LogP contribution is 2.32. The molecule has 0 fully saturated rings. The lowest BCUT2D eigenvalue weighted by molar-refractivity contribution is 0.0692. The highest BCUT2D eigenvalue weighted by Gasteiger charge is 2.25. The largest absolute Gasteiger partial charge is 0.478 e. The molecule has 0 unspecified atom stereocenters. The van der Waals surface area contributed by atoms with Gasteiger partial charge in [0.05, 0.1) is 5.69 Å². The van der Waals surface area contributed by atoms with E-state index in [1.165, 1.54) is 11.6 Å². The van der Waals surface area contributed by atoms with Crippen molar-refractivity contribution in [3.8, 4) is 0 Å². The van der Waals surface area contributed by atoms with Crippen molar-refractivity contribution in [3.05, 3.63) is 41.2 Å². The Morgan fingerprint density at radius 3 is 2.55 bits per heavy atom. The van der Waals surface area contributed by atoms with E-state index in [4.69, 9.17) is 0 Å². The topological polar surface area (TPSA) is 40.5 Å². The average molecular weight is 277 g/mol. The van der Waals surface area contributed by atoms with Gasteiger partial charge in [-0.3, -0.25) is 0 Å². The summed E-state index contributed by atoms with van der Waals surface area (Å²) in [5.74, 6) is -1.90. The van der Waals surface area contributed by atoms with Crippen LogP contribution in [-0.4, -0.2) is 24.2 Å². The molecular weight excluding hydrogens is 257 g/mol. The predicted octanol–water partition coefficient (Wildman–Crippen LogP) is 3.71. The molecule has 3 nitrogen and oxygen atoms in total. The molecule has 1 aliphatic rings. The third kappa shape index (κ3) is 2.84. The number of carbonyl (C=O) groups is 1. The van der Waals surface area contributed by atoms with Crippen LogP contribution >= 0.6 is 0 Å². The van der Waals surface area contributed by atoms with Crippen molar-refractivity contribution in [1.29, 1.82) is 0 Å². The summed E-state index contributed by atoms with van der Waals surface area (Å²) in [5, 5.41) is 9.18. The van der Waals surface area contributed by atoms with Crippen LogP contribution in [-0.2, 0) is 0 Å². The van der Waals surface area contributed by atoms with Gasteiger partial charge < -0.3 is 10.0 Å². The van der Waals surface area contributed by atoms with Gasteiger partial charge >= 0.3 is 5.97 Å². The van der Waals surface area contributed by atoms with Crippen LogP contribution in [0.3, 0.4) is 0 Å². The van der Waals surface area contributed by atoms with Gasteiger partial charge in [-0.2, -0.15) is 0 Å². The first-order chi connectivity index (χ1) is 9.30. The maximum absolute atomic E-state index is 13.7. The minimum Gasteiger partial charge on any atom is -0.478 e. The van der Waals surface area contributed by atoms with Gasteiger partial charge in [0, 0.05) is 13.1 Å². The van der Waals surface area contributed by atoms with E-state index in [9.17, 15) is 14.3 Å². The number of hydrogen-bond acceptors (Lipinski definition) is 2. The van der Waals surface area contributed by atoms with E-state index >= 15 is 0 Å². The van der Waals surface area contributed by atoms with Crippen molar-refractivity contribution in [1.82, 2.24) is 0 Å². The van der Waals surface area contributed by atoms with Crippen LogP contribution in [0, 0.1) is 11.2 Å². The second-order valence-electron chi connectivity index (χ2n) is 6.11. The molecule has 1 heterocycles. The van der Waals surface area contributed by atoms with Crippen molar-refractivity contribution in [2.75, 3.05) is 18.0 Å². The highest BCUT2D eigenvalue weighted by atomic mass is 19.1. The summed E-state index contributed by atoms with van der Waals surface area (Å²) in [4.78, 5) is 13.1. The quantitative estimate of drug-likeness (QED) is 0.838. The summed E-state index contributed by atoms with van der Waals surface area (Å²) in [6.07, 6.45) is 3.00. The Morgan fingerprint density at radius 2 is 2.05 bits per heavy atom. The monoisotopic (exact) mass is 277 g/mol. The van der Waals surface area contributed by atoms with Crippen LogP contribution in [0.5, 0.6) is 0 Å². The molecule has 0 amide bonds. The normalized spacial score (nSPS) is 16.0. The molecule has 0 saturated carbocycles. The molecule has 0 atom stereocenters. The number of nitrogens with zero attached hydrogens (tertiary/aromatic N) is 1. The van der Waals surface area contributed by atoms with E-state index in [0.29, 0.717) is 18.8 Å². The van der Waals surface area contributed by atoms with E-state index < -0.39 is 11.8 Å². The summed E-state index contributed by atoms with van der Waals surface area (Å²) in [6, 6.07) is 4.41. The zero-order valence-electron chi connectivity index (χ0n) is 12.1. The van der Waals surface area contributed by atoms with Gasteiger partial charge in [0.2, 0.25) is 0 Å². The van der Waals surface area contributed by atoms with Gasteiger partial charge in [-0.15, -0.1) is 0 Å². The maximum atomic E-state index is 13.7. The van der Waals surface area contributed by atoms with Gasteiger partial charge in [-0.05, 0) is 24.0 Å². The van der Waals surface area contributed by atoms with Crippen LogP contribution in [0.15, 0.2) is 29.8 Å². The number of hydrogen-bond donors (Lipinski definition) is 1. The lowest BCUT2D eigenvalue weighted by Crippen LogP contribution is -2.32. The number of rotatable bonds is 2. The first-order valence-electron chi connectivity index (χ1n) is 6.77. The maximum Gasteiger partial charge on any atom is 0.340 e. The molecule has 0 aromatic heterocycles. The lowest BCUT2D eigenvalue weighted by atomic mass is 9.83. The Bertz CT molecular complexity index is 558.